The van der Waals surface area contributed by atoms with E-state index in [2.05, 4.69) is 22.4 Å². The highest BCUT2D eigenvalue weighted by Gasteiger charge is 2.26. The van der Waals surface area contributed by atoms with E-state index < -0.39 is 0 Å². The summed E-state index contributed by atoms with van der Waals surface area (Å²) in [6, 6.07) is 0. The van der Waals surface area contributed by atoms with Gasteiger partial charge < -0.3 is 5.32 Å². The summed E-state index contributed by atoms with van der Waals surface area (Å²) in [5, 5.41) is 11.9. The van der Waals surface area contributed by atoms with Gasteiger partial charge in [-0.15, -0.1) is 10.2 Å². The minimum absolute atomic E-state index is 0.0619. The number of nitrogens with one attached hydrogen (secondary N) is 1. The first kappa shape index (κ1) is 14.3. The maximum absolute atomic E-state index is 11.8. The Morgan fingerprint density at radius 2 is 2.37 bits per heavy atom. The van der Waals surface area contributed by atoms with Crippen LogP contribution in [-0.2, 0) is 9.59 Å². The molecule has 0 bridgehead atoms. The van der Waals surface area contributed by atoms with Crippen LogP contribution in [0.1, 0.15) is 26.2 Å². The molecule has 0 aromatic carbocycles. The van der Waals surface area contributed by atoms with E-state index in [4.69, 9.17) is 0 Å². The summed E-state index contributed by atoms with van der Waals surface area (Å²) in [5.41, 5.74) is 0. The van der Waals surface area contributed by atoms with E-state index in [0.717, 1.165) is 28.9 Å². The molecule has 8 heteroatoms. The summed E-state index contributed by atoms with van der Waals surface area (Å²) in [4.78, 5) is 24.6. The number of thioether (sulfide) groups is 1. The van der Waals surface area contributed by atoms with Gasteiger partial charge >= 0.3 is 0 Å². The Hall–Kier alpha value is -1.15. The fourth-order valence-corrected chi connectivity index (χ4v) is 3.34. The maximum Gasteiger partial charge on any atom is 0.239 e. The summed E-state index contributed by atoms with van der Waals surface area (Å²) < 4.78 is 0.749. The molecule has 104 valence electrons. The first-order valence-electron chi connectivity index (χ1n) is 6.24. The van der Waals surface area contributed by atoms with Crippen molar-refractivity contribution in [1.29, 1.82) is 0 Å². The number of likely N-dealkylation sites (tertiary alicyclic amines) is 1. The van der Waals surface area contributed by atoms with E-state index in [0.29, 0.717) is 13.0 Å². The normalized spacial score (nSPS) is 15.0. The molecule has 1 aromatic rings. The second kappa shape index (κ2) is 6.85. The lowest BCUT2D eigenvalue weighted by molar-refractivity contribution is -0.140. The Bertz CT molecular complexity index is 463. The zero-order chi connectivity index (χ0) is 13.7. The van der Waals surface area contributed by atoms with Gasteiger partial charge in [0, 0.05) is 19.5 Å². The van der Waals surface area contributed by atoms with Gasteiger partial charge in [0.25, 0.3) is 0 Å². The molecule has 0 spiro atoms. The third-order valence-electron chi connectivity index (χ3n) is 2.63. The van der Waals surface area contributed by atoms with Gasteiger partial charge in [-0.25, -0.2) is 0 Å². The minimum Gasteiger partial charge on any atom is -0.360 e. The fourth-order valence-electron chi connectivity index (χ4n) is 1.68. The van der Waals surface area contributed by atoms with Crippen molar-refractivity contribution in [1.82, 2.24) is 15.1 Å². The van der Waals surface area contributed by atoms with Crippen molar-refractivity contribution >= 4 is 40.0 Å². The van der Waals surface area contributed by atoms with E-state index in [1.54, 1.807) is 0 Å². The van der Waals surface area contributed by atoms with Crippen molar-refractivity contribution in [3.05, 3.63) is 0 Å². The first-order chi connectivity index (χ1) is 9.20. The number of nitrogens with zero attached hydrogens (tertiary/aromatic N) is 3. The van der Waals surface area contributed by atoms with Gasteiger partial charge in [-0.3, -0.25) is 14.5 Å². The molecule has 1 saturated heterocycles. The van der Waals surface area contributed by atoms with Crippen LogP contribution in [0.2, 0.25) is 0 Å². The topological polar surface area (TPSA) is 75.2 Å². The van der Waals surface area contributed by atoms with Gasteiger partial charge in [0.2, 0.25) is 16.9 Å². The maximum atomic E-state index is 11.8. The molecule has 19 heavy (non-hydrogen) atoms. The smallest absolute Gasteiger partial charge is 0.239 e. The molecule has 6 nitrogen and oxygen atoms in total. The van der Waals surface area contributed by atoms with Crippen molar-refractivity contribution in [2.75, 3.05) is 24.2 Å². The molecule has 1 fully saturated rings. The monoisotopic (exact) mass is 300 g/mol. The predicted molar refractivity (Wildman–Crippen MR) is 75.4 cm³/mol. The number of amides is 2. The number of hydrogen-bond donors (Lipinski definition) is 1. The lowest BCUT2D eigenvalue weighted by Crippen LogP contribution is -2.33. The number of carbonyl (C=O) groups is 2. The van der Waals surface area contributed by atoms with Crippen LogP contribution >= 0.6 is 23.1 Å². The second-order valence-electron chi connectivity index (χ2n) is 4.13. The Morgan fingerprint density at radius 3 is 3.05 bits per heavy atom. The summed E-state index contributed by atoms with van der Waals surface area (Å²) in [6.45, 7) is 3.49. The standard InChI is InChI=1S/C11H16N4O2S2/c1-2-5-12-10-13-14-11(19-10)18-7-9(17)15-6-3-4-8(15)16/h2-7H2,1H3,(H,12,13). The predicted octanol–water partition coefficient (Wildman–Crippen LogP) is 1.60. The molecular formula is C11H16N4O2S2. The highest BCUT2D eigenvalue weighted by atomic mass is 32.2. The molecule has 1 aliphatic rings. The number of aromatic nitrogens is 2. The van der Waals surface area contributed by atoms with Gasteiger partial charge in [-0.1, -0.05) is 30.0 Å². The van der Waals surface area contributed by atoms with Crippen LogP contribution in [0.5, 0.6) is 0 Å². The van der Waals surface area contributed by atoms with E-state index in [9.17, 15) is 9.59 Å². The van der Waals surface area contributed by atoms with Crippen molar-refractivity contribution in [2.45, 2.75) is 30.5 Å². The van der Waals surface area contributed by atoms with E-state index in [1.807, 2.05) is 0 Å². The molecule has 2 rings (SSSR count). The zero-order valence-corrected chi connectivity index (χ0v) is 12.4. The third kappa shape index (κ3) is 3.90. The lowest BCUT2D eigenvalue weighted by Gasteiger charge is -2.11. The van der Waals surface area contributed by atoms with Crippen LogP contribution in [-0.4, -0.2) is 45.8 Å². The molecule has 0 radical (unpaired) electrons. The average Bonchev–Trinajstić information content (AvgIpc) is 3.02. The molecule has 2 amide bonds. The molecule has 1 N–H and O–H groups in total. The van der Waals surface area contributed by atoms with Crippen molar-refractivity contribution < 1.29 is 9.59 Å². The molecule has 1 aliphatic heterocycles. The molecule has 0 aliphatic carbocycles. The van der Waals surface area contributed by atoms with E-state index in [1.165, 1.54) is 28.0 Å². The zero-order valence-electron chi connectivity index (χ0n) is 10.7. The molecule has 1 aromatic heterocycles. The third-order valence-corrected chi connectivity index (χ3v) is 4.63. The summed E-state index contributed by atoms with van der Waals surface area (Å²) in [6.07, 6.45) is 2.29. The van der Waals surface area contributed by atoms with Crippen LogP contribution in [0.15, 0.2) is 4.34 Å². The van der Waals surface area contributed by atoms with Crippen LogP contribution in [0.4, 0.5) is 5.13 Å². The van der Waals surface area contributed by atoms with Crippen molar-refractivity contribution in [3.8, 4) is 0 Å². The molecule has 0 unspecified atom stereocenters. The quantitative estimate of drug-likeness (QED) is 0.804. The molecule has 0 atom stereocenters. The van der Waals surface area contributed by atoms with Gasteiger partial charge in [-0.2, -0.15) is 0 Å². The largest absolute Gasteiger partial charge is 0.360 e. The van der Waals surface area contributed by atoms with Gasteiger partial charge in [0.1, 0.15) is 0 Å². The minimum atomic E-state index is -0.134. The van der Waals surface area contributed by atoms with Crippen LogP contribution in [0, 0.1) is 0 Å². The van der Waals surface area contributed by atoms with Gasteiger partial charge in [-0.05, 0) is 12.8 Å². The number of imide groups is 1. The molecule has 2 heterocycles. The summed E-state index contributed by atoms with van der Waals surface area (Å²) >= 11 is 2.77. The Balaban J connectivity index is 1.80. The van der Waals surface area contributed by atoms with Crippen LogP contribution in [0.3, 0.4) is 0 Å². The number of carbonyl (C=O) groups excluding carboxylic acids is 2. The second-order valence-corrected chi connectivity index (χ2v) is 6.33. The average molecular weight is 300 g/mol. The fraction of sp³-hybridized carbons (Fsp3) is 0.636. The SMILES string of the molecule is CCCNc1nnc(SCC(=O)N2CCCC2=O)s1. The number of anilines is 1. The summed E-state index contributed by atoms with van der Waals surface area (Å²) in [5.74, 6) is 0.0488. The lowest BCUT2D eigenvalue weighted by atomic mass is 10.4. The van der Waals surface area contributed by atoms with Crippen molar-refractivity contribution in [3.63, 3.8) is 0 Å². The summed E-state index contributed by atoms with van der Waals surface area (Å²) in [7, 11) is 0. The van der Waals surface area contributed by atoms with E-state index in [-0.39, 0.29) is 17.6 Å². The van der Waals surface area contributed by atoms with Crippen molar-refractivity contribution in [2.24, 2.45) is 0 Å². The van der Waals surface area contributed by atoms with Crippen LogP contribution in [0.25, 0.3) is 0 Å². The number of rotatable bonds is 6. The molecule has 0 saturated carbocycles. The Morgan fingerprint density at radius 1 is 1.53 bits per heavy atom. The number of hydrogen-bond acceptors (Lipinski definition) is 7. The van der Waals surface area contributed by atoms with Gasteiger partial charge in [0.05, 0.1) is 5.75 Å². The highest BCUT2D eigenvalue weighted by molar-refractivity contribution is 8.01. The van der Waals surface area contributed by atoms with Gasteiger partial charge in [0.15, 0.2) is 4.34 Å². The molecular weight excluding hydrogens is 284 g/mol. The first-order valence-corrected chi connectivity index (χ1v) is 8.04. The van der Waals surface area contributed by atoms with Crippen LogP contribution < -0.4 is 5.32 Å². The Kier molecular flexibility index (Phi) is 5.15. The highest BCUT2D eigenvalue weighted by Crippen LogP contribution is 2.26. The van der Waals surface area contributed by atoms with E-state index >= 15 is 0 Å². The Labute approximate surface area is 120 Å².